The zero-order valence-corrected chi connectivity index (χ0v) is 21.0. The van der Waals surface area contributed by atoms with Gasteiger partial charge in [-0.15, -0.1) is 0 Å². The maximum atomic E-state index is 13.0. The summed E-state index contributed by atoms with van der Waals surface area (Å²) in [5, 5.41) is 0. The first-order chi connectivity index (χ1) is 14.9. The monoisotopic (exact) mass is 454 g/mol. The van der Waals surface area contributed by atoms with Crippen LogP contribution < -0.4 is 4.90 Å². The van der Waals surface area contributed by atoms with Gasteiger partial charge in [-0.2, -0.15) is 0 Å². The van der Waals surface area contributed by atoms with E-state index in [1.807, 2.05) is 45.0 Å². The van der Waals surface area contributed by atoms with E-state index in [0.29, 0.717) is 18.0 Å². The summed E-state index contributed by atoms with van der Waals surface area (Å²) >= 11 is 0. The number of anilines is 1. The summed E-state index contributed by atoms with van der Waals surface area (Å²) in [5.41, 5.74) is 0.455. The molecule has 32 heavy (non-hydrogen) atoms. The molecular formula is C24H34N4O3Si. The Morgan fingerprint density at radius 2 is 1.81 bits per heavy atom. The number of ether oxygens (including phenoxy) is 1. The molecule has 2 heterocycles. The van der Waals surface area contributed by atoms with E-state index >= 15 is 0 Å². The Bertz CT molecular complexity index is 958. The maximum Gasteiger partial charge on any atom is 0.249 e. The van der Waals surface area contributed by atoms with Crippen molar-refractivity contribution in [3.05, 3.63) is 29.8 Å². The molecule has 2 aliphatic heterocycles. The molecule has 1 aromatic carbocycles. The Morgan fingerprint density at radius 1 is 1.16 bits per heavy atom. The number of fused-ring (bicyclic) bond motifs is 1. The summed E-state index contributed by atoms with van der Waals surface area (Å²) in [6.45, 7) is 13.3. The number of nitrogens with zero attached hydrogens (tertiary/aromatic N) is 4. The SMILES string of the molecule is CC(C)(C)C(=O)CN1C(=O)CN=C(C2(COCC[Si](C)(C)C)N=CC=N2)c2ccccc21. The number of hydrogen-bond acceptors (Lipinski definition) is 6. The third-order valence-corrected chi connectivity index (χ3v) is 7.29. The normalized spacial score (nSPS) is 17.9. The van der Waals surface area contributed by atoms with Crippen LogP contribution in [-0.4, -0.2) is 69.9 Å². The van der Waals surface area contributed by atoms with Gasteiger partial charge in [-0.25, -0.2) is 0 Å². The zero-order chi connectivity index (χ0) is 23.6. The van der Waals surface area contributed by atoms with Crippen LogP contribution >= 0.6 is 0 Å². The molecule has 0 bridgehead atoms. The van der Waals surface area contributed by atoms with Crippen LogP contribution in [0.25, 0.3) is 0 Å². The number of benzene rings is 1. The molecule has 0 radical (unpaired) electrons. The topological polar surface area (TPSA) is 83.7 Å². The fourth-order valence-corrected chi connectivity index (χ4v) is 4.22. The molecule has 0 atom stereocenters. The second-order valence-corrected chi connectivity index (χ2v) is 16.2. The molecule has 7 nitrogen and oxygen atoms in total. The van der Waals surface area contributed by atoms with Gasteiger partial charge in [-0.05, 0) is 12.1 Å². The standard InChI is InChI=1S/C24H34N4O3Si/c1-23(2,3)20(29)16-28-19-10-8-7-9-18(19)22(25-15-21(28)30)24(26-11-12-27-24)17-31-13-14-32(4,5)6/h7-12H,13-17H2,1-6H3. The highest BCUT2D eigenvalue weighted by Crippen LogP contribution is 2.32. The lowest BCUT2D eigenvalue weighted by molar-refractivity contribution is -0.127. The molecule has 0 unspecified atom stereocenters. The number of para-hydroxylation sites is 1. The second kappa shape index (κ2) is 9.19. The summed E-state index contributed by atoms with van der Waals surface area (Å²) in [4.78, 5) is 41.3. The van der Waals surface area contributed by atoms with Gasteiger partial charge in [0.25, 0.3) is 0 Å². The maximum absolute atomic E-state index is 13.0. The van der Waals surface area contributed by atoms with Gasteiger partial charge >= 0.3 is 0 Å². The largest absolute Gasteiger partial charge is 0.377 e. The van der Waals surface area contributed by atoms with E-state index in [1.165, 1.54) is 0 Å². The molecule has 0 spiro atoms. The summed E-state index contributed by atoms with van der Waals surface area (Å²) < 4.78 is 6.04. The Labute approximate surface area is 191 Å². The van der Waals surface area contributed by atoms with Crippen molar-refractivity contribution in [3.63, 3.8) is 0 Å². The van der Waals surface area contributed by atoms with E-state index in [1.54, 1.807) is 17.3 Å². The Morgan fingerprint density at radius 3 is 2.44 bits per heavy atom. The van der Waals surface area contributed by atoms with Gasteiger partial charge in [0.2, 0.25) is 11.6 Å². The number of benzodiazepines with no additional fused rings is 1. The Hall–Kier alpha value is -2.45. The number of amides is 1. The van der Waals surface area contributed by atoms with Crippen LogP contribution in [0.5, 0.6) is 0 Å². The van der Waals surface area contributed by atoms with Crippen LogP contribution in [0.4, 0.5) is 5.69 Å². The van der Waals surface area contributed by atoms with Gasteiger partial charge in [-0.3, -0.25) is 24.6 Å². The van der Waals surface area contributed by atoms with E-state index < -0.39 is 19.2 Å². The summed E-state index contributed by atoms with van der Waals surface area (Å²) in [6, 6.07) is 8.57. The molecule has 0 saturated carbocycles. The van der Waals surface area contributed by atoms with E-state index in [-0.39, 0.29) is 31.4 Å². The van der Waals surface area contributed by atoms with Gasteiger partial charge in [0.1, 0.15) is 6.54 Å². The van der Waals surface area contributed by atoms with E-state index in [9.17, 15) is 9.59 Å². The predicted molar refractivity (Wildman–Crippen MR) is 133 cm³/mol. The molecule has 3 rings (SSSR count). The van der Waals surface area contributed by atoms with Gasteiger partial charge in [0.15, 0.2) is 5.78 Å². The summed E-state index contributed by atoms with van der Waals surface area (Å²) in [5.74, 6) is -0.226. The van der Waals surface area contributed by atoms with E-state index in [4.69, 9.17) is 4.74 Å². The third kappa shape index (κ3) is 5.47. The molecule has 8 heteroatoms. The minimum Gasteiger partial charge on any atom is -0.377 e. The Kier molecular flexibility index (Phi) is 6.95. The van der Waals surface area contributed by atoms with Crippen molar-refractivity contribution in [2.45, 2.75) is 52.1 Å². The van der Waals surface area contributed by atoms with Gasteiger partial charge in [-0.1, -0.05) is 58.6 Å². The Balaban J connectivity index is 1.94. The molecule has 0 aromatic heterocycles. The van der Waals surface area contributed by atoms with Crippen LogP contribution in [0.1, 0.15) is 26.3 Å². The lowest BCUT2D eigenvalue weighted by Gasteiger charge is -2.28. The molecule has 172 valence electrons. The van der Waals surface area contributed by atoms with Crippen molar-refractivity contribution in [1.29, 1.82) is 0 Å². The lowest BCUT2D eigenvalue weighted by atomic mass is 9.90. The van der Waals surface area contributed by atoms with Crippen LogP contribution in [-0.2, 0) is 14.3 Å². The fraction of sp³-hybridized carbons (Fsp3) is 0.542. The smallest absolute Gasteiger partial charge is 0.249 e. The van der Waals surface area contributed by atoms with Crippen molar-refractivity contribution < 1.29 is 14.3 Å². The van der Waals surface area contributed by atoms with Crippen LogP contribution in [0.3, 0.4) is 0 Å². The molecule has 2 aliphatic rings. The minimum absolute atomic E-state index is 0.00833. The van der Waals surface area contributed by atoms with Crippen LogP contribution in [0.2, 0.25) is 25.7 Å². The summed E-state index contributed by atoms with van der Waals surface area (Å²) in [6.07, 6.45) is 3.31. The van der Waals surface area contributed by atoms with Crippen molar-refractivity contribution >= 4 is 43.6 Å². The average molecular weight is 455 g/mol. The number of hydrogen-bond donors (Lipinski definition) is 0. The van der Waals surface area contributed by atoms with E-state index in [2.05, 4.69) is 34.6 Å². The quantitative estimate of drug-likeness (QED) is 0.444. The second-order valence-electron chi connectivity index (χ2n) is 10.6. The first-order valence-corrected chi connectivity index (χ1v) is 14.8. The van der Waals surface area contributed by atoms with Crippen molar-refractivity contribution in [1.82, 2.24) is 0 Å². The van der Waals surface area contributed by atoms with Crippen molar-refractivity contribution in [3.8, 4) is 0 Å². The number of carbonyl (C=O) groups excluding carboxylic acids is 2. The van der Waals surface area contributed by atoms with E-state index in [0.717, 1.165) is 11.6 Å². The highest BCUT2D eigenvalue weighted by atomic mass is 28.3. The fourth-order valence-electron chi connectivity index (χ4n) is 3.46. The molecule has 0 saturated heterocycles. The number of ketones is 1. The molecule has 0 N–H and O–H groups in total. The van der Waals surface area contributed by atoms with Crippen LogP contribution in [0.15, 0.2) is 39.2 Å². The number of carbonyl (C=O) groups is 2. The highest BCUT2D eigenvalue weighted by Gasteiger charge is 2.41. The first kappa shape index (κ1) is 24.2. The third-order valence-electron chi connectivity index (χ3n) is 5.58. The molecule has 1 aromatic rings. The molecule has 1 amide bonds. The van der Waals surface area contributed by atoms with Crippen LogP contribution in [0, 0.1) is 5.41 Å². The minimum atomic E-state index is -1.23. The molecule has 0 fully saturated rings. The predicted octanol–water partition coefficient (Wildman–Crippen LogP) is 3.64. The lowest BCUT2D eigenvalue weighted by Crippen LogP contribution is -2.41. The summed E-state index contributed by atoms with van der Waals surface area (Å²) in [7, 11) is -1.23. The number of Topliss-reactive ketones (excluding diaryl/α,β-unsaturated/α-hetero) is 1. The number of aliphatic imine (C=N–C) groups is 3. The van der Waals surface area contributed by atoms with Gasteiger partial charge in [0.05, 0.1) is 24.6 Å². The average Bonchev–Trinajstić information content (AvgIpc) is 3.13. The highest BCUT2D eigenvalue weighted by molar-refractivity contribution is 6.76. The molecular weight excluding hydrogens is 420 g/mol. The van der Waals surface area contributed by atoms with Crippen molar-refractivity contribution in [2.75, 3.05) is 31.2 Å². The number of rotatable bonds is 8. The van der Waals surface area contributed by atoms with Gasteiger partial charge < -0.3 is 9.64 Å². The first-order valence-electron chi connectivity index (χ1n) is 11.1. The zero-order valence-electron chi connectivity index (χ0n) is 20.0. The van der Waals surface area contributed by atoms with Crippen molar-refractivity contribution in [2.24, 2.45) is 20.4 Å². The van der Waals surface area contributed by atoms with Gasteiger partial charge in [0, 0.05) is 38.1 Å². The molecule has 0 aliphatic carbocycles.